The molecule has 0 atom stereocenters. The Morgan fingerprint density at radius 3 is 2.00 bits per heavy atom. The normalized spacial score (nSPS) is 10.3. The molecule has 0 unspecified atom stereocenters. The Morgan fingerprint density at radius 1 is 0.909 bits per heavy atom. The van der Waals surface area contributed by atoms with Crippen LogP contribution in [0.25, 0.3) is 11.1 Å². The van der Waals surface area contributed by atoms with E-state index in [1.807, 2.05) is 36.4 Å². The number of nitrogens with one attached hydrogen (secondary N) is 1. The molecule has 4 nitrogen and oxygen atoms in total. The van der Waals surface area contributed by atoms with Crippen molar-refractivity contribution in [3.8, 4) is 11.1 Å². The third kappa shape index (κ3) is 4.41. The summed E-state index contributed by atoms with van der Waals surface area (Å²) >= 11 is 5.86. The Hall–Kier alpha value is -2.17. The van der Waals surface area contributed by atoms with Gasteiger partial charge in [-0.15, -0.1) is 0 Å². The van der Waals surface area contributed by atoms with E-state index in [0.29, 0.717) is 17.0 Å². The van der Waals surface area contributed by atoms with Gasteiger partial charge in [-0.2, -0.15) is 0 Å². The third-order valence-corrected chi connectivity index (χ3v) is 3.57. The van der Waals surface area contributed by atoms with Crippen LogP contribution in [-0.4, -0.2) is 16.9 Å². The SMILES string of the molecule is O=C(CCCC(=O)c1ccc(-c2ccc(Cl)cc2)cc1)NO. The maximum absolute atomic E-state index is 12.0. The van der Waals surface area contributed by atoms with Crippen LogP contribution in [0.4, 0.5) is 0 Å². The highest BCUT2D eigenvalue weighted by atomic mass is 35.5. The van der Waals surface area contributed by atoms with E-state index in [4.69, 9.17) is 16.8 Å². The zero-order valence-electron chi connectivity index (χ0n) is 11.9. The first-order valence-electron chi connectivity index (χ1n) is 6.92. The molecule has 0 saturated heterocycles. The Bertz CT molecular complexity index is 651. The minimum Gasteiger partial charge on any atom is -0.294 e. The molecule has 0 spiro atoms. The predicted octanol–water partition coefficient (Wildman–Crippen LogP) is 3.87. The van der Waals surface area contributed by atoms with Crippen molar-refractivity contribution in [1.82, 2.24) is 5.48 Å². The zero-order chi connectivity index (χ0) is 15.9. The number of ketones is 1. The summed E-state index contributed by atoms with van der Waals surface area (Å²) in [4.78, 5) is 22.9. The molecule has 22 heavy (non-hydrogen) atoms. The van der Waals surface area contributed by atoms with Crippen molar-refractivity contribution in [1.29, 1.82) is 0 Å². The van der Waals surface area contributed by atoms with Gasteiger partial charge in [0, 0.05) is 23.4 Å². The van der Waals surface area contributed by atoms with Crippen molar-refractivity contribution in [2.75, 3.05) is 0 Å². The molecule has 0 aliphatic carbocycles. The fraction of sp³-hybridized carbons (Fsp3) is 0.176. The number of benzene rings is 2. The first kappa shape index (κ1) is 16.2. The van der Waals surface area contributed by atoms with Crippen LogP contribution >= 0.6 is 11.6 Å². The Balaban J connectivity index is 1.97. The molecule has 0 bridgehead atoms. The van der Waals surface area contributed by atoms with Gasteiger partial charge in [-0.25, -0.2) is 5.48 Å². The van der Waals surface area contributed by atoms with E-state index in [9.17, 15) is 9.59 Å². The van der Waals surface area contributed by atoms with Crippen LogP contribution in [0.15, 0.2) is 48.5 Å². The molecule has 5 heteroatoms. The molecule has 1 amide bonds. The lowest BCUT2D eigenvalue weighted by Gasteiger charge is -2.04. The molecule has 2 rings (SSSR count). The Morgan fingerprint density at radius 2 is 1.45 bits per heavy atom. The second kappa shape index (κ2) is 7.73. The molecule has 0 radical (unpaired) electrons. The summed E-state index contributed by atoms with van der Waals surface area (Å²) in [5, 5.41) is 9.06. The lowest BCUT2D eigenvalue weighted by atomic mass is 10.0. The molecule has 0 heterocycles. The van der Waals surface area contributed by atoms with E-state index in [-0.39, 0.29) is 18.6 Å². The molecule has 0 saturated carbocycles. The van der Waals surface area contributed by atoms with Gasteiger partial charge in [0.25, 0.3) is 0 Å². The zero-order valence-corrected chi connectivity index (χ0v) is 12.6. The summed E-state index contributed by atoms with van der Waals surface area (Å²) in [5.41, 5.74) is 4.20. The molecule has 0 aromatic heterocycles. The van der Waals surface area contributed by atoms with Crippen LogP contribution in [-0.2, 0) is 4.79 Å². The van der Waals surface area contributed by atoms with E-state index >= 15 is 0 Å². The largest absolute Gasteiger partial charge is 0.294 e. The minimum absolute atomic E-state index is 0.0200. The van der Waals surface area contributed by atoms with Gasteiger partial charge in [0.05, 0.1) is 0 Å². The van der Waals surface area contributed by atoms with Gasteiger partial charge in [0.15, 0.2) is 5.78 Å². The minimum atomic E-state index is -0.481. The smallest absolute Gasteiger partial charge is 0.243 e. The fourth-order valence-corrected chi connectivity index (χ4v) is 2.23. The van der Waals surface area contributed by atoms with Crippen LogP contribution < -0.4 is 5.48 Å². The molecular weight excluding hydrogens is 302 g/mol. The highest BCUT2D eigenvalue weighted by Gasteiger charge is 2.08. The van der Waals surface area contributed by atoms with Gasteiger partial charge in [-0.05, 0) is 29.7 Å². The maximum Gasteiger partial charge on any atom is 0.243 e. The predicted molar refractivity (Wildman–Crippen MR) is 85.0 cm³/mol. The number of amides is 1. The summed E-state index contributed by atoms with van der Waals surface area (Å²) in [6.45, 7) is 0. The molecule has 114 valence electrons. The molecular formula is C17H16ClNO3. The summed E-state index contributed by atoms with van der Waals surface area (Å²) in [5.74, 6) is -0.501. The summed E-state index contributed by atoms with van der Waals surface area (Å²) in [6.07, 6.45) is 0.809. The first-order chi connectivity index (χ1) is 10.6. The first-order valence-corrected chi connectivity index (χ1v) is 7.30. The van der Waals surface area contributed by atoms with Crippen LogP contribution in [0.1, 0.15) is 29.6 Å². The number of carbonyl (C=O) groups excluding carboxylic acids is 2. The molecule has 0 aliphatic rings. The number of rotatable bonds is 6. The monoisotopic (exact) mass is 317 g/mol. The number of Topliss-reactive ketones (excluding diaryl/α,β-unsaturated/α-hetero) is 1. The molecule has 2 N–H and O–H groups in total. The van der Waals surface area contributed by atoms with Crippen LogP contribution in [0, 0.1) is 0 Å². The van der Waals surface area contributed by atoms with Crippen LogP contribution in [0.5, 0.6) is 0 Å². The number of hydroxylamine groups is 1. The fourth-order valence-electron chi connectivity index (χ4n) is 2.10. The molecule has 2 aromatic carbocycles. The quantitative estimate of drug-likeness (QED) is 0.483. The van der Waals surface area contributed by atoms with Gasteiger partial charge >= 0.3 is 0 Å². The van der Waals surface area contributed by atoms with Crippen molar-refractivity contribution in [2.24, 2.45) is 0 Å². The Kier molecular flexibility index (Phi) is 5.69. The van der Waals surface area contributed by atoms with Crippen molar-refractivity contribution in [2.45, 2.75) is 19.3 Å². The van der Waals surface area contributed by atoms with Crippen LogP contribution in [0.3, 0.4) is 0 Å². The van der Waals surface area contributed by atoms with E-state index in [2.05, 4.69) is 0 Å². The molecule has 2 aromatic rings. The van der Waals surface area contributed by atoms with E-state index in [1.165, 1.54) is 0 Å². The van der Waals surface area contributed by atoms with E-state index in [1.54, 1.807) is 17.6 Å². The second-order valence-electron chi connectivity index (χ2n) is 4.90. The van der Waals surface area contributed by atoms with E-state index < -0.39 is 5.91 Å². The van der Waals surface area contributed by atoms with E-state index in [0.717, 1.165) is 11.1 Å². The van der Waals surface area contributed by atoms with Gasteiger partial charge in [-0.3, -0.25) is 14.8 Å². The lowest BCUT2D eigenvalue weighted by molar-refractivity contribution is -0.129. The average molecular weight is 318 g/mol. The van der Waals surface area contributed by atoms with Crippen molar-refractivity contribution in [3.05, 3.63) is 59.1 Å². The topological polar surface area (TPSA) is 66.4 Å². The second-order valence-corrected chi connectivity index (χ2v) is 5.33. The lowest BCUT2D eigenvalue weighted by Crippen LogP contribution is -2.18. The molecule has 0 aliphatic heterocycles. The maximum atomic E-state index is 12.0. The number of hydrogen-bond acceptors (Lipinski definition) is 3. The van der Waals surface area contributed by atoms with Gasteiger partial charge in [0.2, 0.25) is 5.91 Å². The third-order valence-electron chi connectivity index (χ3n) is 3.32. The van der Waals surface area contributed by atoms with Gasteiger partial charge in [0.1, 0.15) is 0 Å². The summed E-state index contributed by atoms with van der Waals surface area (Å²) in [6, 6.07) is 14.8. The summed E-state index contributed by atoms with van der Waals surface area (Å²) < 4.78 is 0. The average Bonchev–Trinajstić information content (AvgIpc) is 2.55. The Labute approximate surface area is 133 Å². The van der Waals surface area contributed by atoms with Gasteiger partial charge in [-0.1, -0.05) is 48.0 Å². The van der Waals surface area contributed by atoms with Crippen molar-refractivity contribution < 1.29 is 14.8 Å². The number of halogens is 1. The highest BCUT2D eigenvalue weighted by molar-refractivity contribution is 6.30. The number of hydrogen-bond donors (Lipinski definition) is 2. The molecule has 0 fully saturated rings. The highest BCUT2D eigenvalue weighted by Crippen LogP contribution is 2.22. The van der Waals surface area contributed by atoms with Crippen molar-refractivity contribution >= 4 is 23.3 Å². The standard InChI is InChI=1S/C17H16ClNO3/c18-15-10-8-13(9-11-15)12-4-6-14(7-5-12)16(20)2-1-3-17(21)19-22/h4-11,22H,1-3H2,(H,19,21). The van der Waals surface area contributed by atoms with Crippen molar-refractivity contribution in [3.63, 3.8) is 0 Å². The van der Waals surface area contributed by atoms with Crippen LogP contribution in [0.2, 0.25) is 5.02 Å². The summed E-state index contributed by atoms with van der Waals surface area (Å²) in [7, 11) is 0. The van der Waals surface area contributed by atoms with Gasteiger partial charge < -0.3 is 0 Å². The number of carbonyl (C=O) groups is 2.